The molecule has 2 rings (SSSR count). The number of likely N-dealkylation sites (tertiary alicyclic amines) is 1. The molecule has 0 bridgehead atoms. The first-order valence-electron chi connectivity index (χ1n) is 9.02. The van der Waals surface area contributed by atoms with Gasteiger partial charge in [0.2, 0.25) is 5.91 Å². The van der Waals surface area contributed by atoms with Crippen LogP contribution in [-0.4, -0.2) is 49.1 Å². The predicted octanol–water partition coefficient (Wildman–Crippen LogP) is 3.26. The number of halogens is 2. The Morgan fingerprint density at radius 1 is 1.35 bits per heavy atom. The van der Waals surface area contributed by atoms with E-state index < -0.39 is 5.82 Å². The van der Waals surface area contributed by atoms with Crippen molar-refractivity contribution in [3.05, 3.63) is 34.6 Å². The number of nitrogens with one attached hydrogen (secondary N) is 1. The van der Waals surface area contributed by atoms with Crippen molar-refractivity contribution >= 4 is 23.4 Å². The topological polar surface area (TPSA) is 58.6 Å². The lowest BCUT2D eigenvalue weighted by Gasteiger charge is -2.31. The summed E-state index contributed by atoms with van der Waals surface area (Å²) in [5.74, 6) is -1.07. The van der Waals surface area contributed by atoms with Crippen molar-refractivity contribution in [1.29, 1.82) is 0 Å². The predicted molar refractivity (Wildman–Crippen MR) is 98.8 cm³/mol. The van der Waals surface area contributed by atoms with E-state index in [0.29, 0.717) is 44.1 Å². The molecule has 5 nitrogen and oxygen atoms in total. The van der Waals surface area contributed by atoms with Gasteiger partial charge in [0.15, 0.2) is 0 Å². The molecule has 1 aromatic rings. The van der Waals surface area contributed by atoms with Crippen LogP contribution in [0.4, 0.5) is 4.39 Å². The van der Waals surface area contributed by atoms with Gasteiger partial charge in [0.25, 0.3) is 5.91 Å². The van der Waals surface area contributed by atoms with Crippen LogP contribution < -0.4 is 5.32 Å². The monoisotopic (exact) mass is 384 g/mol. The fourth-order valence-electron chi connectivity index (χ4n) is 2.92. The van der Waals surface area contributed by atoms with Crippen LogP contribution in [0.25, 0.3) is 0 Å². The SMILES string of the molecule is CC(C)OCCCNC(=O)C1CCN(C(=O)c2cc(Cl)ccc2F)CC1. The maximum Gasteiger partial charge on any atom is 0.256 e. The molecule has 1 saturated heterocycles. The molecular formula is C19H26ClFN2O3. The Kier molecular flexibility index (Phi) is 7.85. The standard InChI is InChI=1S/C19H26ClFN2O3/c1-13(2)26-11-3-8-22-18(24)14-6-9-23(10-7-14)19(25)16-12-15(20)4-5-17(16)21/h4-5,12-14H,3,6-11H2,1-2H3,(H,22,24). The molecule has 1 fully saturated rings. The van der Waals surface area contributed by atoms with Gasteiger partial charge in [0, 0.05) is 37.2 Å². The average Bonchev–Trinajstić information content (AvgIpc) is 2.62. The number of carbonyl (C=O) groups is 2. The first kappa shape index (κ1) is 20.6. The number of hydrogen-bond acceptors (Lipinski definition) is 3. The van der Waals surface area contributed by atoms with E-state index in [0.717, 1.165) is 6.42 Å². The Morgan fingerprint density at radius 2 is 2.04 bits per heavy atom. The summed E-state index contributed by atoms with van der Waals surface area (Å²) < 4.78 is 19.3. The molecule has 1 aliphatic heterocycles. The Morgan fingerprint density at radius 3 is 2.69 bits per heavy atom. The molecule has 0 radical (unpaired) electrons. The maximum atomic E-state index is 13.9. The third kappa shape index (κ3) is 5.95. The second kappa shape index (κ2) is 9.88. The van der Waals surface area contributed by atoms with E-state index in [9.17, 15) is 14.0 Å². The Bertz CT molecular complexity index is 631. The van der Waals surface area contributed by atoms with E-state index in [1.54, 1.807) is 4.90 Å². The molecule has 0 unspecified atom stereocenters. The molecule has 144 valence electrons. The maximum absolute atomic E-state index is 13.9. The first-order chi connectivity index (χ1) is 12.4. The second-order valence-corrected chi connectivity index (χ2v) is 7.19. The zero-order chi connectivity index (χ0) is 19.1. The zero-order valence-corrected chi connectivity index (χ0v) is 16.0. The molecule has 1 heterocycles. The summed E-state index contributed by atoms with van der Waals surface area (Å²) in [7, 11) is 0. The number of benzene rings is 1. The van der Waals surface area contributed by atoms with Gasteiger partial charge in [-0.25, -0.2) is 4.39 Å². The number of amides is 2. The van der Waals surface area contributed by atoms with Crippen molar-refractivity contribution < 1.29 is 18.7 Å². The van der Waals surface area contributed by atoms with Crippen molar-refractivity contribution in [2.24, 2.45) is 5.92 Å². The van der Waals surface area contributed by atoms with Gasteiger partial charge in [-0.2, -0.15) is 0 Å². The van der Waals surface area contributed by atoms with Crippen LogP contribution in [0.15, 0.2) is 18.2 Å². The van der Waals surface area contributed by atoms with E-state index in [4.69, 9.17) is 16.3 Å². The molecule has 0 spiro atoms. The molecule has 7 heteroatoms. The van der Waals surface area contributed by atoms with Gasteiger partial charge >= 0.3 is 0 Å². The summed E-state index contributed by atoms with van der Waals surface area (Å²) in [5, 5.41) is 3.24. The molecule has 2 amide bonds. The van der Waals surface area contributed by atoms with Crippen LogP contribution in [0, 0.1) is 11.7 Å². The Balaban J connectivity index is 1.77. The number of carbonyl (C=O) groups excluding carboxylic acids is 2. The highest BCUT2D eigenvalue weighted by atomic mass is 35.5. The van der Waals surface area contributed by atoms with E-state index in [2.05, 4.69) is 5.32 Å². The van der Waals surface area contributed by atoms with Crippen molar-refractivity contribution in [1.82, 2.24) is 10.2 Å². The number of hydrogen-bond donors (Lipinski definition) is 1. The molecule has 0 saturated carbocycles. The van der Waals surface area contributed by atoms with Crippen LogP contribution in [-0.2, 0) is 9.53 Å². The average molecular weight is 385 g/mol. The van der Waals surface area contributed by atoms with E-state index >= 15 is 0 Å². The summed E-state index contributed by atoms with van der Waals surface area (Å²) in [6.07, 6.45) is 2.11. The van der Waals surface area contributed by atoms with Gasteiger partial charge in [0.05, 0.1) is 11.7 Å². The Labute approximate surface area is 158 Å². The lowest BCUT2D eigenvalue weighted by Crippen LogP contribution is -2.43. The third-order valence-electron chi connectivity index (χ3n) is 4.38. The summed E-state index contributed by atoms with van der Waals surface area (Å²) in [6, 6.07) is 3.95. The first-order valence-corrected chi connectivity index (χ1v) is 9.40. The zero-order valence-electron chi connectivity index (χ0n) is 15.3. The van der Waals surface area contributed by atoms with Crippen molar-refractivity contribution in [3.8, 4) is 0 Å². The van der Waals surface area contributed by atoms with Gasteiger partial charge in [0.1, 0.15) is 5.82 Å². The quantitative estimate of drug-likeness (QED) is 0.734. The fraction of sp³-hybridized carbons (Fsp3) is 0.579. The molecule has 1 aliphatic rings. The summed E-state index contributed by atoms with van der Waals surface area (Å²) in [6.45, 7) is 6.01. The van der Waals surface area contributed by atoms with Gasteiger partial charge < -0.3 is 15.0 Å². The molecule has 1 aromatic carbocycles. The summed E-state index contributed by atoms with van der Waals surface area (Å²) >= 11 is 5.85. The summed E-state index contributed by atoms with van der Waals surface area (Å²) in [4.78, 5) is 26.2. The van der Waals surface area contributed by atoms with Crippen molar-refractivity contribution in [3.63, 3.8) is 0 Å². The highest BCUT2D eigenvalue weighted by molar-refractivity contribution is 6.31. The molecule has 0 aromatic heterocycles. The van der Waals surface area contributed by atoms with Gasteiger partial charge in [-0.15, -0.1) is 0 Å². The highest BCUT2D eigenvalue weighted by Crippen LogP contribution is 2.22. The summed E-state index contributed by atoms with van der Waals surface area (Å²) in [5.41, 5.74) is -0.0226. The minimum atomic E-state index is -0.581. The van der Waals surface area contributed by atoms with Crippen LogP contribution in [0.3, 0.4) is 0 Å². The van der Waals surface area contributed by atoms with Gasteiger partial charge in [-0.3, -0.25) is 9.59 Å². The minimum Gasteiger partial charge on any atom is -0.379 e. The number of nitrogens with zero attached hydrogens (tertiary/aromatic N) is 1. The molecule has 1 N–H and O–H groups in total. The smallest absolute Gasteiger partial charge is 0.256 e. The molecular weight excluding hydrogens is 359 g/mol. The minimum absolute atomic E-state index is 0.00980. The number of rotatable bonds is 7. The van der Waals surface area contributed by atoms with Crippen LogP contribution >= 0.6 is 11.6 Å². The largest absolute Gasteiger partial charge is 0.379 e. The van der Waals surface area contributed by atoms with Crippen molar-refractivity contribution in [2.75, 3.05) is 26.2 Å². The molecule has 26 heavy (non-hydrogen) atoms. The fourth-order valence-corrected chi connectivity index (χ4v) is 3.10. The van der Waals surface area contributed by atoms with E-state index in [1.807, 2.05) is 13.8 Å². The van der Waals surface area contributed by atoms with Crippen LogP contribution in [0.2, 0.25) is 5.02 Å². The van der Waals surface area contributed by atoms with Crippen molar-refractivity contribution in [2.45, 2.75) is 39.2 Å². The van der Waals surface area contributed by atoms with Crippen LogP contribution in [0.1, 0.15) is 43.5 Å². The highest BCUT2D eigenvalue weighted by Gasteiger charge is 2.28. The van der Waals surface area contributed by atoms with Crippen LogP contribution in [0.5, 0.6) is 0 Å². The van der Waals surface area contributed by atoms with E-state index in [1.165, 1.54) is 18.2 Å². The van der Waals surface area contributed by atoms with Gasteiger partial charge in [-0.05, 0) is 51.3 Å². The normalized spacial score (nSPS) is 15.3. The second-order valence-electron chi connectivity index (χ2n) is 6.75. The Hall–Kier alpha value is -1.66. The van der Waals surface area contributed by atoms with E-state index in [-0.39, 0.29) is 29.4 Å². The molecule has 0 atom stereocenters. The third-order valence-corrected chi connectivity index (χ3v) is 4.62. The molecule has 0 aliphatic carbocycles. The lowest BCUT2D eigenvalue weighted by molar-refractivity contribution is -0.126. The number of ether oxygens (including phenoxy) is 1. The lowest BCUT2D eigenvalue weighted by atomic mass is 9.95. The number of piperidine rings is 1. The van der Waals surface area contributed by atoms with Gasteiger partial charge in [-0.1, -0.05) is 11.6 Å².